The lowest BCUT2D eigenvalue weighted by Gasteiger charge is -2.31. The molecule has 1 fully saturated rings. The Balaban J connectivity index is 0.00000288. The Kier molecular flexibility index (Phi) is 7.59. The highest BCUT2D eigenvalue weighted by atomic mass is 35.5. The molecule has 2 rings (SSSR count). The molecule has 1 amide bonds. The molecule has 0 radical (unpaired) electrons. The minimum absolute atomic E-state index is 0. The van der Waals surface area contributed by atoms with Gasteiger partial charge >= 0.3 is 0 Å². The lowest BCUT2D eigenvalue weighted by atomic mass is 9.90. The Morgan fingerprint density at radius 2 is 1.67 bits per heavy atom. The minimum atomic E-state index is -0.873. The van der Waals surface area contributed by atoms with Gasteiger partial charge in [0, 0.05) is 31.4 Å². The molecule has 0 saturated carbocycles. The zero-order valence-electron chi connectivity index (χ0n) is 14.2. The van der Waals surface area contributed by atoms with Crippen LogP contribution in [-0.2, 0) is 16.1 Å². The number of hydrogen-bond donors (Lipinski definition) is 2. The van der Waals surface area contributed by atoms with Crippen LogP contribution in [0.5, 0.6) is 17.2 Å². The molecule has 1 aliphatic heterocycles. The quantitative estimate of drug-likeness (QED) is 0.793. The van der Waals surface area contributed by atoms with Crippen LogP contribution in [0.3, 0.4) is 0 Å². The maximum absolute atomic E-state index is 12.4. The van der Waals surface area contributed by atoms with E-state index in [1.165, 1.54) is 0 Å². The predicted octanol–water partition coefficient (Wildman–Crippen LogP) is 1.26. The summed E-state index contributed by atoms with van der Waals surface area (Å²) in [6, 6.07) is 3.51. The van der Waals surface area contributed by atoms with E-state index in [9.17, 15) is 4.79 Å². The highest BCUT2D eigenvalue weighted by molar-refractivity contribution is 5.86. The summed E-state index contributed by atoms with van der Waals surface area (Å²) in [6.07, 6.45) is 1.03. The van der Waals surface area contributed by atoms with E-state index in [1.807, 2.05) is 0 Å². The Morgan fingerprint density at radius 3 is 2.21 bits per heavy atom. The summed E-state index contributed by atoms with van der Waals surface area (Å²) < 4.78 is 21.1. The van der Waals surface area contributed by atoms with Gasteiger partial charge in [0.05, 0.1) is 26.9 Å². The van der Waals surface area contributed by atoms with Gasteiger partial charge in [-0.25, -0.2) is 0 Å². The number of benzene rings is 1. The maximum atomic E-state index is 12.4. The first-order valence-corrected chi connectivity index (χ1v) is 7.48. The minimum Gasteiger partial charge on any atom is -0.496 e. The molecule has 0 atom stereocenters. The fourth-order valence-corrected chi connectivity index (χ4v) is 2.54. The Labute approximate surface area is 148 Å². The van der Waals surface area contributed by atoms with Crippen molar-refractivity contribution >= 4 is 18.3 Å². The number of rotatable bonds is 6. The van der Waals surface area contributed by atoms with Crippen LogP contribution < -0.4 is 25.3 Å². The largest absolute Gasteiger partial charge is 0.496 e. The molecule has 8 heteroatoms. The highest BCUT2D eigenvalue weighted by Crippen LogP contribution is 2.34. The van der Waals surface area contributed by atoms with E-state index in [-0.39, 0.29) is 18.3 Å². The van der Waals surface area contributed by atoms with E-state index >= 15 is 0 Å². The molecule has 0 aromatic heterocycles. The number of carbonyl (C=O) groups excluding carboxylic acids is 1. The van der Waals surface area contributed by atoms with Crippen LogP contribution in [0, 0.1) is 0 Å². The van der Waals surface area contributed by atoms with Crippen molar-refractivity contribution in [3.63, 3.8) is 0 Å². The molecular weight excluding hydrogens is 336 g/mol. The second-order valence-corrected chi connectivity index (χ2v) is 5.47. The summed E-state index contributed by atoms with van der Waals surface area (Å²) in [7, 11) is 4.68. The van der Waals surface area contributed by atoms with Gasteiger partial charge in [-0.3, -0.25) is 4.79 Å². The molecule has 0 spiro atoms. The van der Waals surface area contributed by atoms with Gasteiger partial charge in [-0.15, -0.1) is 12.4 Å². The van der Waals surface area contributed by atoms with Crippen molar-refractivity contribution in [2.24, 2.45) is 5.73 Å². The Hall–Kier alpha value is -1.70. The van der Waals surface area contributed by atoms with Crippen LogP contribution >= 0.6 is 12.4 Å². The van der Waals surface area contributed by atoms with Crippen LogP contribution in [0.15, 0.2) is 12.1 Å². The zero-order chi connectivity index (χ0) is 16.9. The summed E-state index contributed by atoms with van der Waals surface area (Å²) >= 11 is 0. The van der Waals surface area contributed by atoms with Crippen molar-refractivity contribution in [2.75, 3.05) is 34.5 Å². The third-order valence-electron chi connectivity index (χ3n) is 4.06. The predicted molar refractivity (Wildman–Crippen MR) is 92.2 cm³/mol. The molecule has 24 heavy (non-hydrogen) atoms. The monoisotopic (exact) mass is 360 g/mol. The van der Waals surface area contributed by atoms with Gasteiger partial charge < -0.3 is 30.0 Å². The van der Waals surface area contributed by atoms with Gasteiger partial charge in [-0.05, 0) is 18.9 Å². The van der Waals surface area contributed by atoms with Gasteiger partial charge in [-0.1, -0.05) is 0 Å². The molecule has 0 bridgehead atoms. The fraction of sp³-hybridized carbons (Fsp3) is 0.562. The first kappa shape index (κ1) is 20.3. The summed E-state index contributed by atoms with van der Waals surface area (Å²) in [5.74, 6) is 1.57. The molecule has 0 aliphatic carbocycles. The lowest BCUT2D eigenvalue weighted by molar-refractivity contribution is -0.129. The lowest BCUT2D eigenvalue weighted by Crippen LogP contribution is -2.56. The van der Waals surface area contributed by atoms with Gasteiger partial charge in [0.25, 0.3) is 0 Å². The SMILES string of the molecule is COc1cc(OC)c(OC)cc1CNC(=O)C1(N)CCOCC1.Cl. The average Bonchev–Trinajstić information content (AvgIpc) is 2.59. The molecular formula is C16H25ClN2O5. The van der Waals surface area contributed by atoms with Crippen molar-refractivity contribution < 1.29 is 23.7 Å². The van der Waals surface area contributed by atoms with Crippen molar-refractivity contribution in [1.29, 1.82) is 0 Å². The third kappa shape index (κ3) is 4.43. The molecule has 1 heterocycles. The summed E-state index contributed by atoms with van der Waals surface area (Å²) in [4.78, 5) is 12.4. The molecule has 136 valence electrons. The van der Waals surface area contributed by atoms with E-state index in [0.29, 0.717) is 49.8 Å². The number of nitrogens with two attached hydrogens (primary N) is 1. The van der Waals surface area contributed by atoms with Gasteiger partial charge in [-0.2, -0.15) is 0 Å². The topological polar surface area (TPSA) is 92.0 Å². The maximum Gasteiger partial charge on any atom is 0.240 e. The number of nitrogens with one attached hydrogen (secondary N) is 1. The average molecular weight is 361 g/mol. The van der Waals surface area contributed by atoms with Crippen LogP contribution in [0.1, 0.15) is 18.4 Å². The number of ether oxygens (including phenoxy) is 4. The normalized spacial score (nSPS) is 15.8. The van der Waals surface area contributed by atoms with Crippen LogP contribution in [0.2, 0.25) is 0 Å². The second-order valence-electron chi connectivity index (χ2n) is 5.47. The summed E-state index contributed by atoms with van der Waals surface area (Å²) in [5.41, 5.74) is 6.08. The highest BCUT2D eigenvalue weighted by Gasteiger charge is 2.35. The van der Waals surface area contributed by atoms with Crippen LogP contribution in [-0.4, -0.2) is 46.0 Å². The van der Waals surface area contributed by atoms with Crippen molar-refractivity contribution in [3.8, 4) is 17.2 Å². The van der Waals surface area contributed by atoms with Crippen LogP contribution in [0.4, 0.5) is 0 Å². The number of carbonyl (C=O) groups is 1. The van der Waals surface area contributed by atoms with Gasteiger partial charge in [0.2, 0.25) is 5.91 Å². The van der Waals surface area contributed by atoms with E-state index in [0.717, 1.165) is 5.56 Å². The molecule has 1 saturated heterocycles. The zero-order valence-corrected chi connectivity index (χ0v) is 15.0. The van der Waals surface area contributed by atoms with E-state index < -0.39 is 5.54 Å². The van der Waals surface area contributed by atoms with Crippen molar-refractivity contribution in [2.45, 2.75) is 24.9 Å². The Bertz CT molecular complexity index is 562. The number of amides is 1. The Morgan fingerprint density at radius 1 is 1.12 bits per heavy atom. The molecule has 1 aliphatic rings. The van der Waals surface area contributed by atoms with E-state index in [2.05, 4.69) is 5.32 Å². The first-order chi connectivity index (χ1) is 11.0. The summed E-state index contributed by atoms with van der Waals surface area (Å²) in [5, 5.41) is 2.88. The van der Waals surface area contributed by atoms with E-state index in [4.69, 9.17) is 24.7 Å². The smallest absolute Gasteiger partial charge is 0.240 e. The standard InChI is InChI=1S/C16H24N2O5.ClH/c1-20-12-9-14(22-3)13(21-2)8-11(12)10-18-15(19)16(17)4-6-23-7-5-16;/h8-9H,4-7,10,17H2,1-3H3,(H,18,19);1H. The second kappa shape index (κ2) is 8.96. The van der Waals surface area contributed by atoms with Crippen molar-refractivity contribution in [3.05, 3.63) is 17.7 Å². The molecule has 1 aromatic rings. The van der Waals surface area contributed by atoms with Crippen molar-refractivity contribution in [1.82, 2.24) is 5.32 Å². The fourth-order valence-electron chi connectivity index (χ4n) is 2.54. The summed E-state index contributed by atoms with van der Waals surface area (Å²) in [6.45, 7) is 1.30. The molecule has 0 unspecified atom stereocenters. The third-order valence-corrected chi connectivity index (χ3v) is 4.06. The molecule has 7 nitrogen and oxygen atoms in total. The molecule has 1 aromatic carbocycles. The first-order valence-electron chi connectivity index (χ1n) is 7.48. The number of hydrogen-bond acceptors (Lipinski definition) is 6. The van der Waals surface area contributed by atoms with Crippen LogP contribution in [0.25, 0.3) is 0 Å². The number of halogens is 1. The van der Waals surface area contributed by atoms with Gasteiger partial charge in [0.15, 0.2) is 11.5 Å². The van der Waals surface area contributed by atoms with E-state index in [1.54, 1.807) is 33.5 Å². The van der Waals surface area contributed by atoms with Gasteiger partial charge in [0.1, 0.15) is 5.75 Å². The number of methoxy groups -OCH3 is 3. The molecule has 3 N–H and O–H groups in total.